The molecule has 0 fully saturated rings. The van der Waals surface area contributed by atoms with Crippen molar-refractivity contribution in [3.63, 3.8) is 0 Å². The van der Waals surface area contributed by atoms with E-state index >= 15 is 0 Å². The number of halogens is 7. The third-order valence-electron chi connectivity index (χ3n) is 6.02. The van der Waals surface area contributed by atoms with Crippen LogP contribution in [0.25, 0.3) is 22.5 Å². The summed E-state index contributed by atoms with van der Waals surface area (Å²) >= 11 is 5.72. The monoisotopic (exact) mass is 639 g/mol. The zero-order valence-electron chi connectivity index (χ0n) is 23.0. The van der Waals surface area contributed by atoms with E-state index in [9.17, 15) is 26.3 Å². The molecular weight excluding hydrogens is 616 g/mol. The Hall–Kier alpha value is -4.63. The molecule has 3 heterocycles. The van der Waals surface area contributed by atoms with E-state index in [1.165, 1.54) is 20.0 Å². The second-order valence-electron chi connectivity index (χ2n) is 9.24. The van der Waals surface area contributed by atoms with Gasteiger partial charge in [0.1, 0.15) is 22.9 Å². The van der Waals surface area contributed by atoms with Crippen molar-refractivity contribution in [2.45, 2.75) is 39.3 Å². The molecule has 5 aromatic rings. The van der Waals surface area contributed by atoms with E-state index in [1.54, 1.807) is 48.5 Å². The molecule has 0 saturated carbocycles. The number of nitrogens with one attached hydrogen (secondary N) is 1. The van der Waals surface area contributed by atoms with E-state index in [0.717, 1.165) is 11.1 Å². The van der Waals surface area contributed by atoms with Gasteiger partial charge in [-0.3, -0.25) is 0 Å². The molecule has 5 rings (SSSR count). The standard InChI is InChI=1S/C16H13ClF3N5O.C12H11F3N2O/c1-8-12(24-14(26-8)16(18,19)20)10-4-2-9(3-5-10)6-22-13-11(21)7-23-15(17)25-13;1-7-10(17-11(18-7)12(13,14)15)9-4-2-8(6-16)3-5-9/h2-5,7H,6,21H2,1H3,(H,22,23,25);2-5H,6,16H2,1H3. The SMILES string of the molecule is Cc1oc(C(F)(F)F)nc1-c1ccc(CN)cc1.Cc1oc(C(F)(F)F)nc1-c1ccc(CNc2nc(Cl)ncc2N)cc1. The second-order valence-corrected chi connectivity index (χ2v) is 9.58. The number of aromatic nitrogens is 4. The Bertz CT molecular complexity index is 1720. The van der Waals surface area contributed by atoms with Crippen LogP contribution in [0.5, 0.6) is 0 Å². The lowest BCUT2D eigenvalue weighted by molar-refractivity contribution is -0.158. The van der Waals surface area contributed by atoms with E-state index in [0.29, 0.717) is 35.7 Å². The highest BCUT2D eigenvalue weighted by Gasteiger charge is 2.39. The fraction of sp³-hybridized carbons (Fsp3) is 0.214. The molecule has 0 bridgehead atoms. The summed E-state index contributed by atoms with van der Waals surface area (Å²) in [5.41, 5.74) is 14.8. The maximum Gasteiger partial charge on any atom is 0.468 e. The third-order valence-corrected chi connectivity index (χ3v) is 6.20. The van der Waals surface area contributed by atoms with Gasteiger partial charge in [0.15, 0.2) is 5.82 Å². The summed E-state index contributed by atoms with van der Waals surface area (Å²) in [6.45, 7) is 3.67. The summed E-state index contributed by atoms with van der Waals surface area (Å²) in [4.78, 5) is 14.8. The van der Waals surface area contributed by atoms with Crippen LogP contribution >= 0.6 is 11.6 Å². The van der Waals surface area contributed by atoms with Gasteiger partial charge in [-0.05, 0) is 36.6 Å². The van der Waals surface area contributed by atoms with Crippen molar-refractivity contribution < 1.29 is 35.2 Å². The van der Waals surface area contributed by atoms with Gasteiger partial charge >= 0.3 is 24.1 Å². The first-order valence-corrected chi connectivity index (χ1v) is 13.0. The fourth-order valence-electron chi connectivity index (χ4n) is 3.85. The molecule has 0 spiro atoms. The smallest absolute Gasteiger partial charge is 0.438 e. The van der Waals surface area contributed by atoms with Gasteiger partial charge in [0.25, 0.3) is 0 Å². The first kappa shape index (κ1) is 32.3. The van der Waals surface area contributed by atoms with Crippen LogP contribution in [-0.4, -0.2) is 19.9 Å². The number of aryl methyl sites for hydroxylation is 2. The fourth-order valence-corrected chi connectivity index (χ4v) is 3.98. The Balaban J connectivity index is 0.000000215. The average Bonchev–Trinajstić information content (AvgIpc) is 3.57. The molecule has 0 aliphatic carbocycles. The van der Waals surface area contributed by atoms with E-state index in [2.05, 4.69) is 29.7 Å². The Morgan fingerprint density at radius 2 is 1.20 bits per heavy atom. The normalized spacial score (nSPS) is 11.7. The van der Waals surface area contributed by atoms with Crippen molar-refractivity contribution >= 4 is 23.1 Å². The number of nitrogen functional groups attached to an aromatic ring is 1. The minimum Gasteiger partial charge on any atom is -0.438 e. The molecule has 2 aromatic carbocycles. The van der Waals surface area contributed by atoms with Crippen molar-refractivity contribution in [1.29, 1.82) is 0 Å². The number of alkyl halides is 6. The second kappa shape index (κ2) is 12.9. The van der Waals surface area contributed by atoms with Crippen LogP contribution < -0.4 is 16.8 Å². The van der Waals surface area contributed by atoms with Gasteiger partial charge in [0.05, 0.1) is 11.9 Å². The highest BCUT2D eigenvalue weighted by molar-refractivity contribution is 6.28. The Morgan fingerprint density at radius 1 is 0.750 bits per heavy atom. The first-order chi connectivity index (χ1) is 20.7. The quantitative estimate of drug-likeness (QED) is 0.128. The number of anilines is 2. The van der Waals surface area contributed by atoms with Crippen molar-refractivity contribution in [3.8, 4) is 22.5 Å². The number of oxazole rings is 2. The lowest BCUT2D eigenvalue weighted by Gasteiger charge is -2.08. The summed E-state index contributed by atoms with van der Waals surface area (Å²) in [5.74, 6) is -1.84. The first-order valence-electron chi connectivity index (χ1n) is 12.7. The molecular formula is C28H24ClF6N7O2. The number of rotatable bonds is 6. The molecule has 44 heavy (non-hydrogen) atoms. The number of nitrogens with zero attached hydrogens (tertiary/aromatic N) is 4. The van der Waals surface area contributed by atoms with E-state index < -0.39 is 24.1 Å². The van der Waals surface area contributed by atoms with Crippen LogP contribution in [0.15, 0.2) is 63.6 Å². The maximum atomic E-state index is 12.7. The van der Waals surface area contributed by atoms with Crippen LogP contribution in [-0.2, 0) is 25.4 Å². The van der Waals surface area contributed by atoms with Crippen molar-refractivity contribution in [2.24, 2.45) is 5.73 Å². The van der Waals surface area contributed by atoms with E-state index in [-0.39, 0.29) is 28.2 Å². The molecule has 0 aliphatic heterocycles. The van der Waals surface area contributed by atoms with Crippen LogP contribution in [0, 0.1) is 13.8 Å². The zero-order chi connectivity index (χ0) is 32.2. The van der Waals surface area contributed by atoms with Crippen molar-refractivity contribution in [1.82, 2.24) is 19.9 Å². The molecule has 0 amide bonds. The molecule has 3 aromatic heterocycles. The Morgan fingerprint density at radius 3 is 1.61 bits per heavy atom. The highest BCUT2D eigenvalue weighted by Crippen LogP contribution is 2.34. The Labute approximate surface area is 251 Å². The molecule has 232 valence electrons. The molecule has 0 radical (unpaired) electrons. The minimum atomic E-state index is -4.62. The van der Waals surface area contributed by atoms with E-state index in [4.69, 9.17) is 27.5 Å². The summed E-state index contributed by atoms with van der Waals surface area (Å²) in [5, 5.41) is 3.09. The molecule has 0 aliphatic rings. The van der Waals surface area contributed by atoms with Crippen LogP contribution in [0.4, 0.5) is 37.8 Å². The summed E-state index contributed by atoms with van der Waals surface area (Å²) in [6.07, 6.45) is -7.79. The number of hydrogen-bond acceptors (Lipinski definition) is 9. The van der Waals surface area contributed by atoms with E-state index in [1.807, 2.05) is 0 Å². The number of benzene rings is 2. The lowest BCUT2D eigenvalue weighted by atomic mass is 10.1. The Kier molecular flexibility index (Phi) is 9.49. The molecule has 0 atom stereocenters. The maximum absolute atomic E-state index is 12.7. The molecule has 0 unspecified atom stereocenters. The van der Waals surface area contributed by atoms with Crippen molar-refractivity contribution in [2.75, 3.05) is 11.1 Å². The molecule has 16 heteroatoms. The van der Waals surface area contributed by atoms with Crippen LogP contribution in [0.3, 0.4) is 0 Å². The van der Waals surface area contributed by atoms with Gasteiger partial charge in [-0.15, -0.1) is 0 Å². The molecule has 5 N–H and O–H groups in total. The van der Waals surface area contributed by atoms with Gasteiger partial charge < -0.3 is 25.6 Å². The number of hydrogen-bond donors (Lipinski definition) is 3. The lowest BCUT2D eigenvalue weighted by Crippen LogP contribution is -2.05. The van der Waals surface area contributed by atoms with Gasteiger partial charge in [0.2, 0.25) is 5.28 Å². The summed E-state index contributed by atoms with van der Waals surface area (Å²) in [6, 6.07) is 13.7. The molecule has 0 saturated heterocycles. The molecule has 9 nitrogen and oxygen atoms in total. The number of nitrogens with two attached hydrogens (primary N) is 2. The summed E-state index contributed by atoms with van der Waals surface area (Å²) < 4.78 is 84.7. The average molecular weight is 640 g/mol. The van der Waals surface area contributed by atoms with Gasteiger partial charge in [0, 0.05) is 24.2 Å². The van der Waals surface area contributed by atoms with Crippen molar-refractivity contribution in [3.05, 3.63) is 94.4 Å². The van der Waals surface area contributed by atoms with Gasteiger partial charge in [-0.25, -0.2) is 15.0 Å². The third kappa shape index (κ3) is 7.85. The predicted molar refractivity (Wildman–Crippen MR) is 150 cm³/mol. The minimum absolute atomic E-state index is 0.0685. The van der Waals surface area contributed by atoms with Crippen LogP contribution in [0.1, 0.15) is 34.4 Å². The van der Waals surface area contributed by atoms with Gasteiger partial charge in [-0.1, -0.05) is 48.5 Å². The van der Waals surface area contributed by atoms with Crippen LogP contribution in [0.2, 0.25) is 5.28 Å². The largest absolute Gasteiger partial charge is 0.468 e. The summed E-state index contributed by atoms with van der Waals surface area (Å²) in [7, 11) is 0. The highest BCUT2D eigenvalue weighted by atomic mass is 35.5. The van der Waals surface area contributed by atoms with Gasteiger partial charge in [-0.2, -0.15) is 31.3 Å². The predicted octanol–water partition coefficient (Wildman–Crippen LogP) is 7.43. The topological polar surface area (TPSA) is 142 Å². The zero-order valence-corrected chi connectivity index (χ0v) is 23.8.